The molecule has 0 saturated heterocycles. The highest BCUT2D eigenvalue weighted by atomic mass is 16.6. The summed E-state index contributed by atoms with van der Waals surface area (Å²) in [4.78, 5) is 44.1. The first-order valence-corrected chi connectivity index (χ1v) is 8.44. The third-order valence-corrected chi connectivity index (χ3v) is 3.74. The Bertz CT molecular complexity index is 826. The van der Waals surface area contributed by atoms with Gasteiger partial charge in [-0.25, -0.2) is 0 Å². The molecule has 0 aliphatic rings. The molecule has 0 aromatic heterocycles. The molecule has 10 nitrogen and oxygen atoms in total. The van der Waals surface area contributed by atoms with Crippen molar-refractivity contribution in [3.8, 4) is 0 Å². The lowest BCUT2D eigenvalue weighted by atomic mass is 10.1. The van der Waals surface area contributed by atoms with E-state index in [2.05, 4.69) is 10.6 Å². The van der Waals surface area contributed by atoms with Gasteiger partial charge in [-0.05, 0) is 25.0 Å². The molecular formula is C18H18N4O6. The summed E-state index contributed by atoms with van der Waals surface area (Å²) in [7, 11) is 0. The molecule has 2 N–H and O–H groups in total. The maximum absolute atomic E-state index is 11.9. The number of amides is 2. The van der Waals surface area contributed by atoms with Gasteiger partial charge in [-0.15, -0.1) is 0 Å². The molecule has 0 atom stereocenters. The van der Waals surface area contributed by atoms with Crippen LogP contribution in [-0.2, 0) is 9.59 Å². The lowest BCUT2D eigenvalue weighted by molar-refractivity contribution is -0.385. The number of carbonyl (C=O) groups excluding carboxylic acids is 2. The van der Waals surface area contributed by atoms with Crippen LogP contribution in [0.15, 0.2) is 48.5 Å². The lowest BCUT2D eigenvalue weighted by Crippen LogP contribution is -2.13. The van der Waals surface area contributed by atoms with Crippen LogP contribution in [0.5, 0.6) is 0 Å². The summed E-state index contributed by atoms with van der Waals surface area (Å²) in [6.07, 6.45) is 1.21. The highest BCUT2D eigenvalue weighted by molar-refractivity contribution is 5.92. The van der Waals surface area contributed by atoms with E-state index < -0.39 is 9.85 Å². The molecule has 0 fully saturated rings. The largest absolute Gasteiger partial charge is 0.326 e. The number of nitrogens with one attached hydrogen (secondary N) is 2. The van der Waals surface area contributed by atoms with E-state index in [-0.39, 0.29) is 36.0 Å². The van der Waals surface area contributed by atoms with Crippen LogP contribution in [-0.4, -0.2) is 21.7 Å². The van der Waals surface area contributed by atoms with Crippen LogP contribution in [0.3, 0.4) is 0 Å². The van der Waals surface area contributed by atoms with Gasteiger partial charge in [-0.3, -0.25) is 29.8 Å². The average molecular weight is 386 g/mol. The Labute approximate surface area is 159 Å². The topological polar surface area (TPSA) is 144 Å². The molecule has 2 aromatic carbocycles. The first kappa shape index (κ1) is 20.5. The van der Waals surface area contributed by atoms with Crippen molar-refractivity contribution < 1.29 is 19.4 Å². The van der Waals surface area contributed by atoms with Gasteiger partial charge in [0.15, 0.2) is 0 Å². The van der Waals surface area contributed by atoms with Gasteiger partial charge in [0.25, 0.3) is 11.4 Å². The zero-order valence-corrected chi connectivity index (χ0v) is 14.8. The van der Waals surface area contributed by atoms with E-state index in [1.165, 1.54) is 36.4 Å². The second kappa shape index (κ2) is 9.76. The summed E-state index contributed by atoms with van der Waals surface area (Å²) in [6, 6.07) is 11.3. The predicted molar refractivity (Wildman–Crippen MR) is 102 cm³/mol. The summed E-state index contributed by atoms with van der Waals surface area (Å²) < 4.78 is 0. The molecule has 28 heavy (non-hydrogen) atoms. The highest BCUT2D eigenvalue weighted by Crippen LogP contribution is 2.18. The lowest BCUT2D eigenvalue weighted by Gasteiger charge is -2.06. The van der Waals surface area contributed by atoms with Crippen molar-refractivity contribution in [2.24, 2.45) is 0 Å². The van der Waals surface area contributed by atoms with Crippen molar-refractivity contribution in [2.45, 2.75) is 25.7 Å². The molecule has 0 heterocycles. The van der Waals surface area contributed by atoms with Crippen LogP contribution in [0.2, 0.25) is 0 Å². The van der Waals surface area contributed by atoms with E-state index in [1.807, 2.05) is 0 Å². The molecule has 0 saturated carbocycles. The number of carbonyl (C=O) groups is 2. The molecule has 2 amide bonds. The fourth-order valence-electron chi connectivity index (χ4n) is 2.41. The first-order valence-electron chi connectivity index (χ1n) is 8.44. The third kappa shape index (κ3) is 6.48. The van der Waals surface area contributed by atoms with Crippen LogP contribution < -0.4 is 10.6 Å². The second-order valence-corrected chi connectivity index (χ2v) is 5.92. The molecule has 2 rings (SSSR count). The maximum atomic E-state index is 11.9. The average Bonchev–Trinajstić information content (AvgIpc) is 2.65. The molecule has 0 spiro atoms. The Hall–Kier alpha value is -3.82. The van der Waals surface area contributed by atoms with Gasteiger partial charge in [-0.1, -0.05) is 12.1 Å². The number of hydrogen-bond acceptors (Lipinski definition) is 6. The van der Waals surface area contributed by atoms with Gasteiger partial charge in [-0.2, -0.15) is 0 Å². The fourth-order valence-corrected chi connectivity index (χ4v) is 2.41. The minimum atomic E-state index is -0.546. The number of hydrogen-bond donors (Lipinski definition) is 2. The van der Waals surface area contributed by atoms with Crippen molar-refractivity contribution >= 4 is 34.6 Å². The zero-order chi connectivity index (χ0) is 20.5. The van der Waals surface area contributed by atoms with Crippen molar-refractivity contribution in [3.05, 3.63) is 68.8 Å². The Morgan fingerprint density at radius 1 is 0.750 bits per heavy atom. The standard InChI is InChI=1S/C18H18N4O6/c23-17(19-13-5-3-7-15(11-13)21(25)26)9-1-2-10-18(24)20-14-6-4-8-16(12-14)22(27)28/h3-8,11-12H,1-2,9-10H2,(H,19,23)(H,20,24). The molecule has 2 aromatic rings. The van der Waals surface area contributed by atoms with Crippen molar-refractivity contribution in [1.29, 1.82) is 0 Å². The predicted octanol–water partition coefficient (Wildman–Crippen LogP) is 3.64. The van der Waals surface area contributed by atoms with Crippen molar-refractivity contribution in [2.75, 3.05) is 10.6 Å². The van der Waals surface area contributed by atoms with E-state index in [0.29, 0.717) is 24.2 Å². The van der Waals surface area contributed by atoms with E-state index in [4.69, 9.17) is 0 Å². The molecule has 0 unspecified atom stereocenters. The Kier molecular flexibility index (Phi) is 7.14. The van der Waals surface area contributed by atoms with Crippen LogP contribution in [0.25, 0.3) is 0 Å². The minimum Gasteiger partial charge on any atom is -0.326 e. The molecule has 146 valence electrons. The van der Waals surface area contributed by atoms with Crippen LogP contribution in [0.1, 0.15) is 25.7 Å². The van der Waals surface area contributed by atoms with E-state index in [0.717, 1.165) is 0 Å². The smallest absolute Gasteiger partial charge is 0.271 e. The Morgan fingerprint density at radius 2 is 1.14 bits per heavy atom. The normalized spacial score (nSPS) is 10.1. The van der Waals surface area contributed by atoms with E-state index >= 15 is 0 Å². The van der Waals surface area contributed by atoms with Crippen molar-refractivity contribution in [1.82, 2.24) is 0 Å². The number of benzene rings is 2. The SMILES string of the molecule is O=C(CCCCC(=O)Nc1cccc([N+](=O)[O-])c1)Nc1cccc([N+](=O)[O-])c1. The molecule has 0 radical (unpaired) electrons. The second-order valence-electron chi connectivity index (χ2n) is 5.92. The quantitative estimate of drug-likeness (QED) is 0.382. The van der Waals surface area contributed by atoms with Gasteiger partial charge >= 0.3 is 0 Å². The molecule has 10 heteroatoms. The van der Waals surface area contributed by atoms with Crippen LogP contribution in [0, 0.1) is 20.2 Å². The summed E-state index contributed by atoms with van der Waals surface area (Å²) in [5.41, 5.74) is 0.441. The molecule has 0 bridgehead atoms. The summed E-state index contributed by atoms with van der Waals surface area (Å²) in [6.45, 7) is 0. The Balaban J connectivity index is 1.72. The number of anilines is 2. The zero-order valence-electron chi connectivity index (χ0n) is 14.8. The maximum Gasteiger partial charge on any atom is 0.271 e. The van der Waals surface area contributed by atoms with Gasteiger partial charge in [0.1, 0.15) is 0 Å². The number of rotatable bonds is 9. The molecule has 0 aliphatic heterocycles. The molecular weight excluding hydrogens is 368 g/mol. The van der Waals surface area contributed by atoms with E-state index in [1.54, 1.807) is 12.1 Å². The van der Waals surface area contributed by atoms with Gasteiger partial charge in [0.05, 0.1) is 9.85 Å². The minimum absolute atomic E-state index is 0.115. The van der Waals surface area contributed by atoms with Crippen molar-refractivity contribution in [3.63, 3.8) is 0 Å². The first-order chi connectivity index (χ1) is 13.3. The van der Waals surface area contributed by atoms with Crippen LogP contribution >= 0.6 is 0 Å². The number of unbranched alkanes of at least 4 members (excludes halogenated alkanes) is 1. The number of nitro benzene ring substituents is 2. The Morgan fingerprint density at radius 3 is 1.50 bits per heavy atom. The van der Waals surface area contributed by atoms with Gasteiger partial charge < -0.3 is 10.6 Å². The summed E-state index contributed by atoms with van der Waals surface area (Å²) >= 11 is 0. The molecule has 0 aliphatic carbocycles. The fraction of sp³-hybridized carbons (Fsp3) is 0.222. The van der Waals surface area contributed by atoms with Gasteiger partial charge in [0.2, 0.25) is 11.8 Å². The van der Waals surface area contributed by atoms with Gasteiger partial charge in [0, 0.05) is 48.5 Å². The monoisotopic (exact) mass is 386 g/mol. The number of nitrogens with zero attached hydrogens (tertiary/aromatic N) is 2. The summed E-state index contributed by atoms with van der Waals surface area (Å²) in [5, 5.41) is 26.6. The number of nitro groups is 2. The number of non-ortho nitro benzene ring substituents is 2. The third-order valence-electron chi connectivity index (χ3n) is 3.74. The van der Waals surface area contributed by atoms with Crippen LogP contribution in [0.4, 0.5) is 22.7 Å². The highest BCUT2D eigenvalue weighted by Gasteiger charge is 2.10. The van der Waals surface area contributed by atoms with E-state index in [9.17, 15) is 29.8 Å². The summed E-state index contributed by atoms with van der Waals surface area (Å²) in [5.74, 6) is -0.612.